The summed E-state index contributed by atoms with van der Waals surface area (Å²) < 4.78 is 0. The predicted molar refractivity (Wildman–Crippen MR) is 97.5 cm³/mol. The maximum atomic E-state index is 13.1. The molecule has 1 aliphatic heterocycles. The second-order valence-corrected chi connectivity index (χ2v) is 5.95. The van der Waals surface area contributed by atoms with Crippen LogP contribution in [0.4, 0.5) is 16.2 Å². The lowest BCUT2D eigenvalue weighted by Gasteiger charge is -2.21. The molecule has 1 fully saturated rings. The van der Waals surface area contributed by atoms with Gasteiger partial charge in [0.15, 0.2) is 0 Å². The van der Waals surface area contributed by atoms with Crippen LogP contribution in [0.2, 0.25) is 0 Å². The van der Waals surface area contributed by atoms with E-state index in [1.807, 2.05) is 24.3 Å². The quantitative estimate of drug-likeness (QED) is 0.716. The van der Waals surface area contributed by atoms with Gasteiger partial charge in [-0.25, -0.2) is 4.79 Å². The molecule has 26 heavy (non-hydrogen) atoms. The van der Waals surface area contributed by atoms with E-state index in [0.29, 0.717) is 16.9 Å². The molecule has 2 amide bonds. The van der Waals surface area contributed by atoms with Crippen molar-refractivity contribution in [3.8, 4) is 12.1 Å². The van der Waals surface area contributed by atoms with Gasteiger partial charge in [0.2, 0.25) is 0 Å². The van der Waals surface area contributed by atoms with Crippen LogP contribution in [0.15, 0.2) is 60.9 Å². The SMILES string of the molecule is N#Cc1cccc(N2C[C@H](C#N)N(c3cncc4ccccc34)C2=O)c1. The molecule has 4 rings (SSSR count). The van der Waals surface area contributed by atoms with E-state index in [4.69, 9.17) is 5.26 Å². The van der Waals surface area contributed by atoms with Gasteiger partial charge in [-0.1, -0.05) is 30.3 Å². The Hall–Kier alpha value is -3.90. The van der Waals surface area contributed by atoms with Gasteiger partial charge in [0.1, 0.15) is 6.04 Å². The van der Waals surface area contributed by atoms with Crippen molar-refractivity contribution in [1.29, 1.82) is 10.5 Å². The number of urea groups is 1. The molecule has 2 aromatic carbocycles. The molecule has 124 valence electrons. The summed E-state index contributed by atoms with van der Waals surface area (Å²) in [5, 5.41) is 20.5. The van der Waals surface area contributed by atoms with Crippen LogP contribution in [-0.2, 0) is 0 Å². The highest BCUT2D eigenvalue weighted by molar-refractivity contribution is 6.11. The van der Waals surface area contributed by atoms with Crippen LogP contribution in [-0.4, -0.2) is 23.6 Å². The van der Waals surface area contributed by atoms with E-state index >= 15 is 0 Å². The Morgan fingerprint density at radius 1 is 1.08 bits per heavy atom. The van der Waals surface area contributed by atoms with Crippen molar-refractivity contribution in [3.05, 3.63) is 66.5 Å². The minimum Gasteiger partial charge on any atom is -0.291 e. The van der Waals surface area contributed by atoms with Crippen LogP contribution < -0.4 is 9.80 Å². The first-order chi connectivity index (χ1) is 12.7. The fourth-order valence-corrected chi connectivity index (χ4v) is 3.22. The molecule has 0 unspecified atom stereocenters. The third-order valence-electron chi connectivity index (χ3n) is 4.45. The second kappa shape index (κ2) is 6.19. The van der Waals surface area contributed by atoms with Gasteiger partial charge in [-0.05, 0) is 18.2 Å². The highest BCUT2D eigenvalue weighted by Gasteiger charge is 2.40. The average Bonchev–Trinajstić information content (AvgIpc) is 3.03. The number of rotatable bonds is 2. The number of amides is 2. The standard InChI is InChI=1S/C20H13N5O/c21-9-14-4-3-6-16(8-14)24-13-17(10-22)25(20(24)26)19-12-23-11-15-5-1-2-7-18(15)19/h1-8,11-12,17H,13H2/t17-/m0/s1. The molecule has 2 heterocycles. The topological polar surface area (TPSA) is 84.0 Å². The van der Waals surface area contributed by atoms with Crippen LogP contribution in [0.3, 0.4) is 0 Å². The molecule has 1 aliphatic rings. The molecule has 6 nitrogen and oxygen atoms in total. The Balaban J connectivity index is 1.80. The zero-order chi connectivity index (χ0) is 18.1. The van der Waals surface area contributed by atoms with Crippen molar-refractivity contribution in [2.75, 3.05) is 16.3 Å². The number of anilines is 2. The third kappa shape index (κ3) is 2.42. The number of nitriles is 2. The summed E-state index contributed by atoms with van der Waals surface area (Å²) >= 11 is 0. The Labute approximate surface area is 150 Å². The lowest BCUT2D eigenvalue weighted by molar-refractivity contribution is 0.255. The van der Waals surface area contributed by atoms with Crippen LogP contribution in [0, 0.1) is 22.7 Å². The minimum atomic E-state index is -0.638. The first kappa shape index (κ1) is 15.6. The monoisotopic (exact) mass is 339 g/mol. The highest BCUT2D eigenvalue weighted by atomic mass is 16.2. The lowest BCUT2D eigenvalue weighted by atomic mass is 10.1. The molecule has 0 radical (unpaired) electrons. The molecular weight excluding hydrogens is 326 g/mol. The van der Waals surface area contributed by atoms with Crippen molar-refractivity contribution in [1.82, 2.24) is 4.98 Å². The maximum Gasteiger partial charge on any atom is 0.330 e. The van der Waals surface area contributed by atoms with Gasteiger partial charge in [-0.15, -0.1) is 0 Å². The Bertz CT molecular complexity index is 1090. The molecule has 6 heteroatoms. The van der Waals surface area contributed by atoms with E-state index in [2.05, 4.69) is 17.1 Å². The van der Waals surface area contributed by atoms with E-state index in [-0.39, 0.29) is 12.6 Å². The van der Waals surface area contributed by atoms with Crippen molar-refractivity contribution in [3.63, 3.8) is 0 Å². The fourth-order valence-electron chi connectivity index (χ4n) is 3.22. The van der Waals surface area contributed by atoms with Crippen molar-refractivity contribution in [2.45, 2.75) is 6.04 Å². The van der Waals surface area contributed by atoms with Crippen molar-refractivity contribution >= 4 is 28.2 Å². The molecule has 0 saturated carbocycles. The number of hydrogen-bond acceptors (Lipinski definition) is 4. The van der Waals surface area contributed by atoms with Crippen LogP contribution >= 0.6 is 0 Å². The Morgan fingerprint density at radius 2 is 1.92 bits per heavy atom. The number of pyridine rings is 1. The van der Waals surface area contributed by atoms with E-state index in [9.17, 15) is 10.1 Å². The van der Waals surface area contributed by atoms with Gasteiger partial charge in [-0.2, -0.15) is 10.5 Å². The second-order valence-electron chi connectivity index (χ2n) is 5.95. The predicted octanol–water partition coefficient (Wildman–Crippen LogP) is 3.45. The molecule has 1 aromatic heterocycles. The summed E-state index contributed by atoms with van der Waals surface area (Å²) in [4.78, 5) is 20.3. The number of aromatic nitrogens is 1. The van der Waals surface area contributed by atoms with Gasteiger partial charge in [0.05, 0.1) is 36.1 Å². The molecule has 0 bridgehead atoms. The van der Waals surface area contributed by atoms with E-state index in [1.165, 1.54) is 9.80 Å². The van der Waals surface area contributed by atoms with Crippen LogP contribution in [0.25, 0.3) is 10.8 Å². The smallest absolute Gasteiger partial charge is 0.291 e. The van der Waals surface area contributed by atoms with Crippen LogP contribution in [0.5, 0.6) is 0 Å². The number of nitrogens with zero attached hydrogens (tertiary/aromatic N) is 5. The summed E-state index contributed by atoms with van der Waals surface area (Å²) in [6.45, 7) is 0.230. The molecule has 1 atom stereocenters. The van der Waals surface area contributed by atoms with E-state index < -0.39 is 6.04 Å². The lowest BCUT2D eigenvalue weighted by Crippen LogP contribution is -2.34. The Morgan fingerprint density at radius 3 is 2.73 bits per heavy atom. The first-order valence-electron chi connectivity index (χ1n) is 8.06. The zero-order valence-electron chi connectivity index (χ0n) is 13.7. The van der Waals surface area contributed by atoms with Gasteiger partial charge in [-0.3, -0.25) is 14.8 Å². The van der Waals surface area contributed by atoms with Crippen LogP contribution in [0.1, 0.15) is 5.56 Å². The molecule has 0 N–H and O–H groups in total. The van der Waals surface area contributed by atoms with E-state index in [1.54, 1.807) is 36.7 Å². The zero-order valence-corrected chi connectivity index (χ0v) is 13.7. The highest BCUT2D eigenvalue weighted by Crippen LogP contribution is 2.33. The molecule has 3 aromatic rings. The number of fused-ring (bicyclic) bond motifs is 1. The maximum absolute atomic E-state index is 13.1. The summed E-state index contributed by atoms with van der Waals surface area (Å²) in [6.07, 6.45) is 3.34. The first-order valence-corrected chi connectivity index (χ1v) is 8.06. The fraction of sp³-hybridized carbons (Fsp3) is 0.100. The van der Waals surface area contributed by atoms with Gasteiger partial charge in [0.25, 0.3) is 0 Å². The van der Waals surface area contributed by atoms with Gasteiger partial charge >= 0.3 is 6.03 Å². The normalized spacial score (nSPS) is 16.5. The van der Waals surface area contributed by atoms with Gasteiger partial charge in [0, 0.05) is 22.7 Å². The van der Waals surface area contributed by atoms with Crippen molar-refractivity contribution < 1.29 is 4.79 Å². The molecule has 1 saturated heterocycles. The summed E-state index contributed by atoms with van der Waals surface area (Å²) in [7, 11) is 0. The van der Waals surface area contributed by atoms with Gasteiger partial charge < -0.3 is 0 Å². The summed E-state index contributed by atoms with van der Waals surface area (Å²) in [5.74, 6) is 0. The largest absolute Gasteiger partial charge is 0.330 e. The molecular formula is C20H13N5O. The molecule has 0 spiro atoms. The average molecular weight is 339 g/mol. The summed E-state index contributed by atoms with van der Waals surface area (Å²) in [6, 6.07) is 17.8. The minimum absolute atomic E-state index is 0.230. The number of hydrogen-bond donors (Lipinski definition) is 0. The number of carbonyl (C=O) groups excluding carboxylic acids is 1. The third-order valence-corrected chi connectivity index (χ3v) is 4.45. The van der Waals surface area contributed by atoms with E-state index in [0.717, 1.165) is 10.8 Å². The summed E-state index contributed by atoms with van der Waals surface area (Å²) in [5.41, 5.74) is 1.68. The number of carbonyl (C=O) groups is 1. The Kier molecular flexibility index (Phi) is 3.72. The molecule has 0 aliphatic carbocycles. The van der Waals surface area contributed by atoms with Crippen molar-refractivity contribution in [2.24, 2.45) is 0 Å². The number of benzene rings is 2.